The van der Waals surface area contributed by atoms with Crippen LogP contribution in [-0.4, -0.2) is 32.8 Å². The maximum atomic E-state index is 9.34. The van der Waals surface area contributed by atoms with Crippen molar-refractivity contribution in [2.45, 2.75) is 19.9 Å². The van der Waals surface area contributed by atoms with Crippen molar-refractivity contribution in [1.29, 1.82) is 0 Å². The molecule has 20 heavy (non-hydrogen) atoms. The average molecular weight is 273 g/mol. The molecular formula is C15H19N3O2. The number of hydrogen-bond acceptors (Lipinski definition) is 5. The lowest BCUT2D eigenvalue weighted by Gasteiger charge is -2.20. The van der Waals surface area contributed by atoms with Gasteiger partial charge in [-0.2, -0.15) is 0 Å². The highest BCUT2D eigenvalue weighted by Crippen LogP contribution is 2.21. The fraction of sp³-hybridized carbons (Fsp3) is 0.333. The van der Waals surface area contributed by atoms with Crippen LogP contribution in [0, 0.1) is 5.92 Å². The van der Waals surface area contributed by atoms with E-state index in [0.717, 1.165) is 11.3 Å². The summed E-state index contributed by atoms with van der Waals surface area (Å²) in [5.74, 6) is 1.14. The second-order valence-corrected chi connectivity index (χ2v) is 5.01. The third-order valence-corrected chi connectivity index (χ3v) is 3.13. The SMILES string of the molecule is CC(C)[C@H](CO)Nc1cncc(-c2ccc(O)cc2)n1. The Kier molecular flexibility index (Phi) is 4.53. The van der Waals surface area contributed by atoms with Crippen LogP contribution in [0.4, 0.5) is 5.82 Å². The Labute approximate surface area is 118 Å². The predicted octanol–water partition coefficient (Wildman–Crippen LogP) is 2.28. The highest BCUT2D eigenvalue weighted by atomic mass is 16.3. The summed E-state index contributed by atoms with van der Waals surface area (Å²) in [5, 5.41) is 21.8. The van der Waals surface area contributed by atoms with Crippen molar-refractivity contribution in [2.75, 3.05) is 11.9 Å². The van der Waals surface area contributed by atoms with Crippen molar-refractivity contribution in [3.8, 4) is 17.0 Å². The van der Waals surface area contributed by atoms with Gasteiger partial charge in [-0.05, 0) is 30.2 Å². The molecule has 0 unspecified atom stereocenters. The van der Waals surface area contributed by atoms with E-state index < -0.39 is 0 Å². The Morgan fingerprint density at radius 2 is 1.85 bits per heavy atom. The number of aromatic nitrogens is 2. The molecule has 0 saturated heterocycles. The first kappa shape index (κ1) is 14.3. The molecule has 5 nitrogen and oxygen atoms in total. The number of anilines is 1. The van der Waals surface area contributed by atoms with Gasteiger partial charge in [-0.15, -0.1) is 0 Å². The van der Waals surface area contributed by atoms with Gasteiger partial charge in [0.2, 0.25) is 0 Å². The van der Waals surface area contributed by atoms with Crippen LogP contribution in [0.1, 0.15) is 13.8 Å². The molecule has 1 heterocycles. The van der Waals surface area contributed by atoms with Gasteiger partial charge < -0.3 is 15.5 Å². The molecule has 0 aliphatic heterocycles. The number of phenolic OH excluding ortho intramolecular Hbond substituents is 1. The number of aromatic hydroxyl groups is 1. The van der Waals surface area contributed by atoms with Crippen LogP contribution in [-0.2, 0) is 0 Å². The molecule has 1 atom stereocenters. The Hall–Kier alpha value is -2.14. The monoisotopic (exact) mass is 273 g/mol. The van der Waals surface area contributed by atoms with Gasteiger partial charge in [0.1, 0.15) is 11.6 Å². The minimum Gasteiger partial charge on any atom is -0.508 e. The van der Waals surface area contributed by atoms with Gasteiger partial charge in [-0.1, -0.05) is 13.8 Å². The van der Waals surface area contributed by atoms with Crippen LogP contribution in [0.25, 0.3) is 11.3 Å². The number of aliphatic hydroxyl groups excluding tert-OH is 1. The minimum absolute atomic E-state index is 0.0444. The first-order valence-corrected chi connectivity index (χ1v) is 6.59. The van der Waals surface area contributed by atoms with Crippen molar-refractivity contribution in [2.24, 2.45) is 5.92 Å². The number of benzene rings is 1. The van der Waals surface area contributed by atoms with Crippen molar-refractivity contribution in [1.82, 2.24) is 9.97 Å². The van der Waals surface area contributed by atoms with Gasteiger partial charge in [0, 0.05) is 5.56 Å². The number of phenols is 1. The smallest absolute Gasteiger partial charge is 0.145 e. The van der Waals surface area contributed by atoms with Gasteiger partial charge in [0.25, 0.3) is 0 Å². The normalized spacial score (nSPS) is 12.4. The van der Waals surface area contributed by atoms with E-state index in [9.17, 15) is 10.2 Å². The van der Waals surface area contributed by atoms with E-state index in [1.165, 1.54) is 0 Å². The maximum Gasteiger partial charge on any atom is 0.145 e. The molecule has 0 aliphatic carbocycles. The predicted molar refractivity (Wildman–Crippen MR) is 78.5 cm³/mol. The van der Waals surface area contributed by atoms with Gasteiger partial charge in [0.05, 0.1) is 30.7 Å². The number of aliphatic hydroxyl groups is 1. The van der Waals surface area contributed by atoms with Gasteiger partial charge in [-0.25, -0.2) is 4.98 Å². The van der Waals surface area contributed by atoms with Crippen LogP contribution in [0.2, 0.25) is 0 Å². The van der Waals surface area contributed by atoms with Crippen LogP contribution >= 0.6 is 0 Å². The summed E-state index contributed by atoms with van der Waals surface area (Å²) in [4.78, 5) is 8.64. The number of rotatable bonds is 5. The fourth-order valence-electron chi connectivity index (χ4n) is 1.82. The third kappa shape index (κ3) is 3.45. The molecule has 106 valence electrons. The minimum atomic E-state index is -0.0561. The average Bonchev–Trinajstić information content (AvgIpc) is 2.45. The summed E-state index contributed by atoms with van der Waals surface area (Å²) in [6, 6.07) is 6.74. The van der Waals surface area contributed by atoms with Crippen molar-refractivity contribution < 1.29 is 10.2 Å². The molecule has 0 aliphatic rings. The van der Waals surface area contributed by atoms with Gasteiger partial charge in [-0.3, -0.25) is 4.98 Å². The Morgan fingerprint density at radius 1 is 1.15 bits per heavy atom. The van der Waals surface area contributed by atoms with Gasteiger partial charge in [0.15, 0.2) is 0 Å². The quantitative estimate of drug-likeness (QED) is 0.779. The molecule has 3 N–H and O–H groups in total. The molecule has 0 radical (unpaired) electrons. The highest BCUT2D eigenvalue weighted by molar-refractivity contribution is 5.60. The van der Waals surface area contributed by atoms with E-state index in [2.05, 4.69) is 15.3 Å². The Bertz CT molecular complexity index is 555. The zero-order chi connectivity index (χ0) is 14.5. The first-order chi connectivity index (χ1) is 9.60. The second-order valence-electron chi connectivity index (χ2n) is 5.01. The highest BCUT2D eigenvalue weighted by Gasteiger charge is 2.13. The van der Waals surface area contributed by atoms with Crippen LogP contribution in [0.3, 0.4) is 0 Å². The molecule has 0 bridgehead atoms. The summed E-state index contributed by atoms with van der Waals surface area (Å²) in [6.07, 6.45) is 3.30. The molecule has 5 heteroatoms. The largest absolute Gasteiger partial charge is 0.508 e. The molecular weight excluding hydrogens is 254 g/mol. The molecule has 2 rings (SSSR count). The van der Waals surface area contributed by atoms with E-state index in [0.29, 0.717) is 11.7 Å². The summed E-state index contributed by atoms with van der Waals surface area (Å²) < 4.78 is 0. The molecule has 1 aromatic heterocycles. The summed E-state index contributed by atoms with van der Waals surface area (Å²) in [7, 11) is 0. The Balaban J connectivity index is 2.21. The fourth-order valence-corrected chi connectivity index (χ4v) is 1.82. The first-order valence-electron chi connectivity index (χ1n) is 6.59. The standard InChI is InChI=1S/C15H19N3O2/c1-10(2)14(9-19)18-15-8-16-7-13(17-15)11-3-5-12(20)6-4-11/h3-8,10,14,19-20H,9H2,1-2H3,(H,17,18)/t14-/m0/s1. The zero-order valence-corrected chi connectivity index (χ0v) is 11.6. The number of nitrogens with zero attached hydrogens (tertiary/aromatic N) is 2. The molecule has 0 saturated carbocycles. The van der Waals surface area contributed by atoms with E-state index >= 15 is 0 Å². The van der Waals surface area contributed by atoms with Crippen molar-refractivity contribution in [3.63, 3.8) is 0 Å². The Morgan fingerprint density at radius 3 is 2.45 bits per heavy atom. The molecule has 0 spiro atoms. The van der Waals surface area contributed by atoms with Crippen molar-refractivity contribution >= 4 is 5.82 Å². The second kappa shape index (κ2) is 6.34. The van der Waals surface area contributed by atoms with Crippen LogP contribution in [0.15, 0.2) is 36.7 Å². The molecule has 0 amide bonds. The lowest BCUT2D eigenvalue weighted by molar-refractivity contribution is 0.249. The summed E-state index contributed by atoms with van der Waals surface area (Å²) in [5.41, 5.74) is 1.60. The number of nitrogens with one attached hydrogen (secondary N) is 1. The maximum absolute atomic E-state index is 9.34. The van der Waals surface area contributed by atoms with E-state index in [1.54, 1.807) is 36.7 Å². The number of hydrogen-bond donors (Lipinski definition) is 3. The van der Waals surface area contributed by atoms with E-state index in [-0.39, 0.29) is 18.4 Å². The molecule has 1 aromatic carbocycles. The lowest BCUT2D eigenvalue weighted by atomic mass is 10.1. The van der Waals surface area contributed by atoms with Gasteiger partial charge >= 0.3 is 0 Å². The van der Waals surface area contributed by atoms with Crippen LogP contribution < -0.4 is 5.32 Å². The lowest BCUT2D eigenvalue weighted by Crippen LogP contribution is -2.29. The van der Waals surface area contributed by atoms with E-state index in [1.807, 2.05) is 13.8 Å². The van der Waals surface area contributed by atoms with Crippen LogP contribution in [0.5, 0.6) is 5.75 Å². The molecule has 2 aromatic rings. The third-order valence-electron chi connectivity index (χ3n) is 3.13. The zero-order valence-electron chi connectivity index (χ0n) is 11.6. The summed E-state index contributed by atoms with van der Waals surface area (Å²) in [6.45, 7) is 4.11. The molecule has 0 fully saturated rings. The summed E-state index contributed by atoms with van der Waals surface area (Å²) >= 11 is 0. The topological polar surface area (TPSA) is 78.3 Å². The van der Waals surface area contributed by atoms with Crippen molar-refractivity contribution in [3.05, 3.63) is 36.7 Å². The van der Waals surface area contributed by atoms with E-state index in [4.69, 9.17) is 0 Å².